The predicted molar refractivity (Wildman–Crippen MR) is 309 cm³/mol. The van der Waals surface area contributed by atoms with Crippen LogP contribution in [-0.4, -0.2) is 87.5 Å². The highest BCUT2D eigenvalue weighted by molar-refractivity contribution is 5.76. The summed E-state index contributed by atoms with van der Waals surface area (Å²) in [6.07, 6.45) is 64.7. The molecule has 1 rings (SSSR count). The van der Waals surface area contributed by atoms with Gasteiger partial charge >= 0.3 is 0 Å². The lowest BCUT2D eigenvalue weighted by molar-refractivity contribution is -0.302. The molecule has 0 bridgehead atoms. The summed E-state index contributed by atoms with van der Waals surface area (Å²) in [7, 11) is 0. The van der Waals surface area contributed by atoms with Crippen LogP contribution in [0.3, 0.4) is 0 Å². The third kappa shape index (κ3) is 42.9. The summed E-state index contributed by atoms with van der Waals surface area (Å²) in [5.74, 6) is -0.174. The van der Waals surface area contributed by atoms with E-state index in [0.29, 0.717) is 6.42 Å². The van der Waals surface area contributed by atoms with Gasteiger partial charge in [0.2, 0.25) is 5.91 Å². The van der Waals surface area contributed by atoms with Crippen LogP contribution in [0, 0.1) is 0 Å². The van der Waals surface area contributed by atoms with Crippen LogP contribution in [0.4, 0.5) is 0 Å². The zero-order valence-electron chi connectivity index (χ0n) is 47.6. The van der Waals surface area contributed by atoms with E-state index in [-0.39, 0.29) is 12.5 Å². The van der Waals surface area contributed by atoms with Gasteiger partial charge in [0.05, 0.1) is 25.4 Å². The molecule has 0 spiro atoms. The van der Waals surface area contributed by atoms with Gasteiger partial charge in [0, 0.05) is 6.42 Å². The fourth-order valence-electron chi connectivity index (χ4n) is 9.93. The van der Waals surface area contributed by atoms with Crippen LogP contribution < -0.4 is 5.32 Å². The Morgan fingerprint density at radius 3 is 1.19 bits per heavy atom. The molecule has 1 amide bonds. The summed E-state index contributed by atoms with van der Waals surface area (Å²) in [4.78, 5) is 13.1. The van der Waals surface area contributed by atoms with Crippen molar-refractivity contribution in [3.63, 3.8) is 0 Å². The van der Waals surface area contributed by atoms with Gasteiger partial charge < -0.3 is 40.3 Å². The van der Waals surface area contributed by atoms with Gasteiger partial charge in [-0.15, -0.1) is 0 Å². The van der Waals surface area contributed by atoms with Crippen LogP contribution in [-0.2, 0) is 14.3 Å². The van der Waals surface area contributed by atoms with Crippen molar-refractivity contribution in [2.75, 3.05) is 13.2 Å². The van der Waals surface area contributed by atoms with E-state index in [4.69, 9.17) is 9.47 Å². The molecule has 1 saturated heterocycles. The summed E-state index contributed by atoms with van der Waals surface area (Å²) < 4.78 is 11.3. The summed E-state index contributed by atoms with van der Waals surface area (Å²) >= 11 is 0. The number of carbonyl (C=O) groups is 1. The topological polar surface area (TPSA) is 149 Å². The third-order valence-electron chi connectivity index (χ3n) is 14.9. The fourth-order valence-corrected chi connectivity index (χ4v) is 9.93. The van der Waals surface area contributed by atoms with Crippen LogP contribution >= 0.6 is 0 Å². The van der Waals surface area contributed by atoms with E-state index in [9.17, 15) is 30.3 Å². The monoisotopic (exact) mass is 1030 g/mol. The molecule has 1 heterocycles. The van der Waals surface area contributed by atoms with Crippen LogP contribution in [0.2, 0.25) is 0 Å². The Hall–Kier alpha value is -1.85. The predicted octanol–water partition coefficient (Wildman–Crippen LogP) is 16.1. The summed E-state index contributed by atoms with van der Waals surface area (Å²) in [5.41, 5.74) is 0. The number of carbonyl (C=O) groups excluding carboxylic acids is 1. The summed E-state index contributed by atoms with van der Waals surface area (Å²) in [6.45, 7) is 3.80. The Morgan fingerprint density at radius 2 is 0.808 bits per heavy atom. The van der Waals surface area contributed by atoms with Crippen molar-refractivity contribution >= 4 is 5.91 Å². The van der Waals surface area contributed by atoms with E-state index < -0.39 is 49.5 Å². The number of nitrogens with one attached hydrogen (secondary N) is 1. The number of rotatable bonds is 54. The molecule has 0 aromatic rings. The van der Waals surface area contributed by atoms with Gasteiger partial charge in [-0.2, -0.15) is 0 Å². The molecule has 9 nitrogen and oxygen atoms in total. The molecule has 1 fully saturated rings. The number of unbranched alkanes of at least 4 members (excludes halogenated alkanes) is 38. The Kier molecular flexibility index (Phi) is 50.7. The number of aliphatic hydroxyl groups excluding tert-OH is 5. The van der Waals surface area contributed by atoms with E-state index in [2.05, 4.69) is 55.6 Å². The molecule has 7 unspecified atom stereocenters. The van der Waals surface area contributed by atoms with Gasteiger partial charge in [-0.05, 0) is 57.8 Å². The second-order valence-corrected chi connectivity index (χ2v) is 21.9. The van der Waals surface area contributed by atoms with Gasteiger partial charge in [-0.25, -0.2) is 0 Å². The Bertz CT molecular complexity index is 1290. The molecule has 73 heavy (non-hydrogen) atoms. The Morgan fingerprint density at radius 1 is 0.466 bits per heavy atom. The van der Waals surface area contributed by atoms with Crippen LogP contribution in [0.25, 0.3) is 0 Å². The zero-order chi connectivity index (χ0) is 52.9. The molecule has 9 heteroatoms. The smallest absolute Gasteiger partial charge is 0.220 e. The standard InChI is InChI=1S/C64H119NO8/c1-3-5-7-9-11-13-15-17-19-21-23-24-25-26-27-28-29-30-31-32-33-34-36-38-40-42-44-46-48-50-52-54-60(68)65-57(56-72-64-63(71)62(70)61(69)59(55-66)73-64)58(67)53-51-49-47-45-43-41-39-37-35-22-20-18-16-14-12-10-8-6-4-2/h15,17,21,23,25-26,51,53,57-59,61-64,66-67,69-71H,3-14,16,18-20,22,24,27-50,52,54-56H2,1-2H3,(H,65,68)/b17-15-,23-21-,26-25-,53-51+. The molecule has 0 radical (unpaired) electrons. The second-order valence-electron chi connectivity index (χ2n) is 21.9. The van der Waals surface area contributed by atoms with Gasteiger partial charge in [0.1, 0.15) is 24.4 Å². The number of ether oxygens (including phenoxy) is 2. The molecule has 1 aliphatic rings. The maximum atomic E-state index is 13.1. The SMILES string of the molecule is CCCCCCC/C=C\C/C=C\C/C=C\CCCCCCCCCCCCCCCCCCC(=O)NC(COC1OC(CO)C(O)C(O)C1O)C(O)/C=C/CCCCCCCCCCCCCCCCCCC. The molecule has 7 atom stereocenters. The van der Waals surface area contributed by atoms with Gasteiger partial charge in [0.15, 0.2) is 6.29 Å². The molecule has 0 aromatic heterocycles. The van der Waals surface area contributed by atoms with Crippen LogP contribution in [0.15, 0.2) is 48.6 Å². The van der Waals surface area contributed by atoms with Crippen molar-refractivity contribution in [2.45, 2.75) is 339 Å². The van der Waals surface area contributed by atoms with E-state index in [0.717, 1.165) is 51.4 Å². The van der Waals surface area contributed by atoms with Crippen molar-refractivity contribution < 1.29 is 39.8 Å². The van der Waals surface area contributed by atoms with Gasteiger partial charge in [0.25, 0.3) is 0 Å². The molecule has 6 N–H and O–H groups in total. The number of hydrogen-bond donors (Lipinski definition) is 6. The minimum Gasteiger partial charge on any atom is -0.394 e. The normalized spacial score (nSPS) is 19.4. The zero-order valence-corrected chi connectivity index (χ0v) is 47.6. The van der Waals surface area contributed by atoms with Crippen molar-refractivity contribution in [1.82, 2.24) is 5.32 Å². The Labute approximate surface area is 450 Å². The molecule has 0 saturated carbocycles. The lowest BCUT2D eigenvalue weighted by Crippen LogP contribution is -2.60. The van der Waals surface area contributed by atoms with E-state index in [1.165, 1.54) is 225 Å². The first-order valence-electron chi connectivity index (χ1n) is 31.4. The molecule has 428 valence electrons. The maximum absolute atomic E-state index is 13.1. The van der Waals surface area contributed by atoms with Crippen LogP contribution in [0.5, 0.6) is 0 Å². The van der Waals surface area contributed by atoms with E-state index >= 15 is 0 Å². The highest BCUT2D eigenvalue weighted by atomic mass is 16.7. The number of aliphatic hydroxyl groups is 5. The number of allylic oxidation sites excluding steroid dienone is 7. The fraction of sp³-hybridized carbons (Fsp3) is 0.859. The first-order chi connectivity index (χ1) is 35.8. The van der Waals surface area contributed by atoms with Crippen LogP contribution in [0.1, 0.15) is 296 Å². The average Bonchev–Trinajstić information content (AvgIpc) is 3.39. The van der Waals surface area contributed by atoms with Crippen molar-refractivity contribution in [2.24, 2.45) is 0 Å². The highest BCUT2D eigenvalue weighted by Crippen LogP contribution is 2.23. The number of hydrogen-bond acceptors (Lipinski definition) is 8. The summed E-state index contributed by atoms with van der Waals surface area (Å²) in [6, 6.07) is -0.806. The van der Waals surface area contributed by atoms with Crippen molar-refractivity contribution in [3.8, 4) is 0 Å². The van der Waals surface area contributed by atoms with E-state index in [1.54, 1.807) is 6.08 Å². The van der Waals surface area contributed by atoms with Gasteiger partial charge in [-0.1, -0.05) is 281 Å². The molecular formula is C64H119NO8. The highest BCUT2D eigenvalue weighted by Gasteiger charge is 2.44. The first kappa shape index (κ1) is 69.2. The molecule has 0 aliphatic carbocycles. The minimum absolute atomic E-state index is 0.174. The van der Waals surface area contributed by atoms with Crippen molar-refractivity contribution in [3.05, 3.63) is 48.6 Å². The number of amides is 1. The maximum Gasteiger partial charge on any atom is 0.220 e. The molecule has 0 aromatic carbocycles. The largest absolute Gasteiger partial charge is 0.394 e. The van der Waals surface area contributed by atoms with E-state index in [1.807, 2.05) is 6.08 Å². The third-order valence-corrected chi connectivity index (χ3v) is 14.9. The minimum atomic E-state index is -1.57. The second kappa shape index (κ2) is 53.5. The molecular weight excluding hydrogens is 911 g/mol. The lowest BCUT2D eigenvalue weighted by atomic mass is 9.99. The quantitative estimate of drug-likeness (QED) is 0.0261. The first-order valence-corrected chi connectivity index (χ1v) is 31.4. The van der Waals surface area contributed by atoms with Crippen molar-refractivity contribution in [1.29, 1.82) is 0 Å². The lowest BCUT2D eigenvalue weighted by Gasteiger charge is -2.40. The summed E-state index contributed by atoms with van der Waals surface area (Å²) in [5, 5.41) is 54.6. The average molecular weight is 1030 g/mol. The molecule has 1 aliphatic heterocycles. The van der Waals surface area contributed by atoms with Gasteiger partial charge in [-0.3, -0.25) is 4.79 Å². The Balaban J connectivity index is 2.16.